The molecule has 0 radical (unpaired) electrons. The molecule has 1 aromatic carbocycles. The van der Waals surface area contributed by atoms with Gasteiger partial charge in [-0.15, -0.1) is 0 Å². The lowest BCUT2D eigenvalue weighted by Crippen LogP contribution is -2.42. The van der Waals surface area contributed by atoms with Gasteiger partial charge >= 0.3 is 6.18 Å². The lowest BCUT2D eigenvalue weighted by Gasteiger charge is -2.29. The lowest BCUT2D eigenvalue weighted by molar-refractivity contribution is -0.137. The van der Waals surface area contributed by atoms with Crippen molar-refractivity contribution < 1.29 is 13.2 Å². The molecule has 1 fully saturated rings. The number of H-pyrrole nitrogens is 1. The number of halogens is 3. The van der Waals surface area contributed by atoms with E-state index in [9.17, 15) is 13.2 Å². The first-order chi connectivity index (χ1) is 15.3. The number of fused-ring (bicyclic) bond motifs is 2. The minimum Gasteiger partial charge on any atom is -0.361 e. The Hall–Kier alpha value is -3.20. The van der Waals surface area contributed by atoms with Crippen LogP contribution in [0.15, 0.2) is 36.8 Å². The molecule has 32 heavy (non-hydrogen) atoms. The predicted octanol–water partition coefficient (Wildman–Crippen LogP) is 5.18. The van der Waals surface area contributed by atoms with Crippen LogP contribution in [-0.4, -0.2) is 32.0 Å². The van der Waals surface area contributed by atoms with Crippen LogP contribution in [0.5, 0.6) is 0 Å². The molecule has 4 N–H and O–H groups in total. The molecule has 0 aliphatic heterocycles. The van der Waals surface area contributed by atoms with Crippen LogP contribution in [0, 0.1) is 6.92 Å². The Labute approximate surface area is 182 Å². The number of nitrogens with zero attached hydrogens (tertiary/aromatic N) is 3. The van der Waals surface area contributed by atoms with E-state index >= 15 is 0 Å². The van der Waals surface area contributed by atoms with E-state index in [1.165, 1.54) is 6.07 Å². The Bertz CT molecular complexity index is 1300. The van der Waals surface area contributed by atoms with Gasteiger partial charge in [0.1, 0.15) is 0 Å². The molecule has 6 nitrogen and oxygen atoms in total. The van der Waals surface area contributed by atoms with E-state index in [1.54, 1.807) is 18.6 Å². The van der Waals surface area contributed by atoms with E-state index in [1.807, 2.05) is 6.92 Å². The molecule has 0 saturated heterocycles. The molecule has 9 heteroatoms. The molecule has 1 aliphatic rings. The smallest absolute Gasteiger partial charge is 0.361 e. The van der Waals surface area contributed by atoms with Gasteiger partial charge in [-0.1, -0.05) is 18.9 Å². The summed E-state index contributed by atoms with van der Waals surface area (Å²) >= 11 is 0. The van der Waals surface area contributed by atoms with Crippen molar-refractivity contribution in [1.82, 2.24) is 19.9 Å². The van der Waals surface area contributed by atoms with Crippen LogP contribution in [0.3, 0.4) is 0 Å². The van der Waals surface area contributed by atoms with Crippen LogP contribution in [0.25, 0.3) is 32.9 Å². The van der Waals surface area contributed by atoms with Crippen molar-refractivity contribution in [3.63, 3.8) is 0 Å². The van der Waals surface area contributed by atoms with Crippen molar-refractivity contribution in [2.75, 3.05) is 5.32 Å². The zero-order chi connectivity index (χ0) is 22.5. The molecule has 0 bridgehead atoms. The molecule has 1 unspecified atom stereocenters. The summed E-state index contributed by atoms with van der Waals surface area (Å²) in [4.78, 5) is 16.7. The number of nitrogens with one attached hydrogen (secondary N) is 2. The molecule has 0 spiro atoms. The third kappa shape index (κ3) is 3.66. The molecular weight excluding hydrogens is 417 g/mol. The number of rotatable bonds is 3. The van der Waals surface area contributed by atoms with Crippen molar-refractivity contribution >= 4 is 27.8 Å². The second-order valence-electron chi connectivity index (χ2n) is 8.37. The number of alkyl halides is 3. The summed E-state index contributed by atoms with van der Waals surface area (Å²) in [6, 6.07) is 3.86. The van der Waals surface area contributed by atoms with Crippen LogP contribution in [0.4, 0.5) is 19.1 Å². The van der Waals surface area contributed by atoms with E-state index in [2.05, 4.69) is 20.3 Å². The quantitative estimate of drug-likeness (QED) is 0.408. The van der Waals surface area contributed by atoms with Gasteiger partial charge in [0.05, 0.1) is 11.1 Å². The number of aromatic nitrogens is 4. The largest absolute Gasteiger partial charge is 0.416 e. The Morgan fingerprint density at radius 2 is 1.88 bits per heavy atom. The van der Waals surface area contributed by atoms with E-state index < -0.39 is 11.7 Å². The maximum Gasteiger partial charge on any atom is 0.416 e. The Morgan fingerprint density at radius 3 is 2.66 bits per heavy atom. The monoisotopic (exact) mass is 440 g/mol. The zero-order valence-electron chi connectivity index (χ0n) is 17.5. The number of anilines is 1. The molecule has 166 valence electrons. The Kier molecular flexibility index (Phi) is 5.00. The molecule has 1 saturated carbocycles. The van der Waals surface area contributed by atoms with Gasteiger partial charge < -0.3 is 16.0 Å². The molecule has 2 atom stereocenters. The number of nitrogens with two attached hydrogens (primary N) is 1. The normalized spacial score (nSPS) is 19.5. The number of aromatic amines is 1. The summed E-state index contributed by atoms with van der Waals surface area (Å²) in [5.74, 6) is 0.492. The van der Waals surface area contributed by atoms with Crippen molar-refractivity contribution in [1.29, 1.82) is 0 Å². The first-order valence-electron chi connectivity index (χ1n) is 10.6. The second-order valence-corrected chi connectivity index (χ2v) is 8.37. The molecule has 5 rings (SSSR count). The fourth-order valence-corrected chi connectivity index (χ4v) is 4.44. The van der Waals surface area contributed by atoms with Gasteiger partial charge in [0, 0.05) is 63.8 Å². The van der Waals surface area contributed by atoms with Crippen molar-refractivity contribution in [2.24, 2.45) is 5.73 Å². The summed E-state index contributed by atoms with van der Waals surface area (Å²) in [6.45, 7) is 1.88. The van der Waals surface area contributed by atoms with Gasteiger partial charge in [-0.3, -0.25) is 4.98 Å². The van der Waals surface area contributed by atoms with Crippen LogP contribution < -0.4 is 11.1 Å². The maximum atomic E-state index is 13.1. The third-order valence-electron chi connectivity index (χ3n) is 6.25. The highest BCUT2D eigenvalue weighted by atomic mass is 19.4. The van der Waals surface area contributed by atoms with E-state index in [-0.39, 0.29) is 12.1 Å². The fourth-order valence-electron chi connectivity index (χ4n) is 4.44. The van der Waals surface area contributed by atoms with Gasteiger partial charge in [-0.05, 0) is 31.9 Å². The van der Waals surface area contributed by atoms with Crippen LogP contribution >= 0.6 is 0 Å². The first kappa shape index (κ1) is 20.7. The van der Waals surface area contributed by atoms with Crippen LogP contribution in [0.1, 0.15) is 36.9 Å². The average Bonchev–Trinajstić information content (AvgIpc) is 3.18. The standard InChI is InChI=1S/C23H23F3N6/c1-12-15-9-30-22(31-19-5-3-2-4-18(19)27)32-21(15)17(11-28-12)16-10-29-20-8-13(23(24,25)26)6-7-14(16)20/h6-11,18-19,29H,2-5,27H2,1H3,(H,30,31,32)/t18-,19?/m0/s1. The molecule has 0 amide bonds. The van der Waals surface area contributed by atoms with Crippen molar-refractivity contribution in [3.05, 3.63) is 48.0 Å². The molecule has 3 heterocycles. The molecule has 3 aromatic heterocycles. The van der Waals surface area contributed by atoms with E-state index in [4.69, 9.17) is 10.7 Å². The summed E-state index contributed by atoms with van der Waals surface area (Å²) in [5.41, 5.74) is 8.93. The highest BCUT2D eigenvalue weighted by Gasteiger charge is 2.31. The van der Waals surface area contributed by atoms with Gasteiger partial charge in [0.2, 0.25) is 5.95 Å². The van der Waals surface area contributed by atoms with Gasteiger partial charge in [0.25, 0.3) is 0 Å². The van der Waals surface area contributed by atoms with Crippen LogP contribution in [-0.2, 0) is 6.18 Å². The minimum atomic E-state index is -4.40. The highest BCUT2D eigenvalue weighted by molar-refractivity contribution is 6.03. The summed E-state index contributed by atoms with van der Waals surface area (Å²) in [5, 5.41) is 4.84. The number of pyridine rings is 1. The van der Waals surface area contributed by atoms with Crippen molar-refractivity contribution in [2.45, 2.75) is 50.9 Å². The van der Waals surface area contributed by atoms with Crippen LogP contribution in [0.2, 0.25) is 0 Å². The van der Waals surface area contributed by atoms with Gasteiger partial charge in [-0.25, -0.2) is 9.97 Å². The predicted molar refractivity (Wildman–Crippen MR) is 118 cm³/mol. The maximum absolute atomic E-state index is 13.1. The Balaban J connectivity index is 1.60. The molecule has 4 aromatic rings. The highest BCUT2D eigenvalue weighted by Crippen LogP contribution is 2.37. The lowest BCUT2D eigenvalue weighted by atomic mass is 9.91. The summed E-state index contributed by atoms with van der Waals surface area (Å²) in [7, 11) is 0. The zero-order valence-corrected chi connectivity index (χ0v) is 17.5. The minimum absolute atomic E-state index is 0.0538. The third-order valence-corrected chi connectivity index (χ3v) is 6.25. The van der Waals surface area contributed by atoms with E-state index in [0.29, 0.717) is 22.4 Å². The average molecular weight is 440 g/mol. The summed E-state index contributed by atoms with van der Waals surface area (Å²) < 4.78 is 39.3. The van der Waals surface area contributed by atoms with Gasteiger partial charge in [-0.2, -0.15) is 13.2 Å². The van der Waals surface area contributed by atoms with Crippen molar-refractivity contribution in [3.8, 4) is 11.1 Å². The number of hydrogen-bond donors (Lipinski definition) is 3. The number of benzene rings is 1. The molecule has 1 aliphatic carbocycles. The number of hydrogen-bond acceptors (Lipinski definition) is 5. The second kappa shape index (κ2) is 7.74. The Morgan fingerprint density at radius 1 is 1.06 bits per heavy atom. The van der Waals surface area contributed by atoms with Gasteiger partial charge in [0.15, 0.2) is 0 Å². The topological polar surface area (TPSA) is 92.5 Å². The fraction of sp³-hybridized carbons (Fsp3) is 0.348. The van der Waals surface area contributed by atoms with E-state index in [0.717, 1.165) is 60.0 Å². The molecular formula is C23H23F3N6. The summed E-state index contributed by atoms with van der Waals surface area (Å²) in [6.07, 6.45) is 4.92. The first-order valence-corrected chi connectivity index (χ1v) is 10.6. The number of aryl methyl sites for hydroxylation is 1. The SMILES string of the molecule is Cc1ncc(-c2c[nH]c3cc(C(F)(F)F)ccc23)c2nc(NC3CCCC[C@@H]3N)ncc12.